The van der Waals surface area contributed by atoms with Crippen molar-refractivity contribution < 1.29 is 0 Å². The van der Waals surface area contributed by atoms with E-state index in [4.69, 9.17) is 12.2 Å². The number of thiocarbonyl (C=S) groups is 1. The molecule has 0 fully saturated rings. The van der Waals surface area contributed by atoms with Crippen LogP contribution in [0.3, 0.4) is 0 Å². The lowest BCUT2D eigenvalue weighted by Gasteiger charge is -2.18. The molecule has 0 amide bonds. The topological polar surface area (TPSA) is 27.3 Å². The molecule has 0 radical (unpaired) electrons. The standard InChI is InChI=1S/C13H21N3S/c1-11(12-7-5-4-6-8-12)15-13(17)14-9-10-16(2)3/h4-8,11H,9-10H2,1-3H3,(H2,14,15,17). The Morgan fingerprint density at radius 1 is 1.29 bits per heavy atom. The summed E-state index contributed by atoms with van der Waals surface area (Å²) < 4.78 is 0. The minimum atomic E-state index is 0.232. The number of hydrogen-bond donors (Lipinski definition) is 2. The van der Waals surface area contributed by atoms with Gasteiger partial charge in [-0.15, -0.1) is 0 Å². The van der Waals surface area contributed by atoms with Gasteiger partial charge in [0.05, 0.1) is 6.04 Å². The summed E-state index contributed by atoms with van der Waals surface area (Å²) in [6.45, 7) is 3.94. The molecule has 17 heavy (non-hydrogen) atoms. The van der Waals surface area contributed by atoms with Crippen LogP contribution in [0.2, 0.25) is 0 Å². The summed E-state index contributed by atoms with van der Waals surface area (Å²) >= 11 is 5.24. The lowest BCUT2D eigenvalue weighted by atomic mass is 10.1. The molecule has 1 atom stereocenters. The van der Waals surface area contributed by atoms with E-state index in [0.717, 1.165) is 13.1 Å². The maximum absolute atomic E-state index is 5.24. The molecule has 1 rings (SSSR count). The number of hydrogen-bond acceptors (Lipinski definition) is 2. The van der Waals surface area contributed by atoms with E-state index in [9.17, 15) is 0 Å². The fraction of sp³-hybridized carbons (Fsp3) is 0.462. The van der Waals surface area contributed by atoms with Crippen molar-refractivity contribution in [1.82, 2.24) is 15.5 Å². The van der Waals surface area contributed by atoms with E-state index in [1.54, 1.807) is 0 Å². The SMILES string of the molecule is CC(NC(=S)NCCN(C)C)c1ccccc1. The third-order valence-electron chi connectivity index (χ3n) is 2.49. The minimum Gasteiger partial charge on any atom is -0.361 e. The molecule has 0 heterocycles. The van der Waals surface area contributed by atoms with E-state index in [0.29, 0.717) is 5.11 Å². The van der Waals surface area contributed by atoms with E-state index >= 15 is 0 Å². The lowest BCUT2D eigenvalue weighted by molar-refractivity contribution is 0.412. The molecule has 0 aliphatic rings. The van der Waals surface area contributed by atoms with Crippen molar-refractivity contribution in [2.75, 3.05) is 27.2 Å². The van der Waals surface area contributed by atoms with Gasteiger partial charge in [0, 0.05) is 13.1 Å². The first-order valence-corrected chi connectivity index (χ1v) is 6.24. The molecule has 1 unspecified atom stereocenters. The fourth-order valence-corrected chi connectivity index (χ4v) is 1.74. The molecule has 1 aromatic carbocycles. The Bertz CT molecular complexity index is 338. The van der Waals surface area contributed by atoms with Crippen molar-refractivity contribution in [3.63, 3.8) is 0 Å². The van der Waals surface area contributed by atoms with E-state index < -0.39 is 0 Å². The first-order chi connectivity index (χ1) is 8.09. The number of nitrogens with one attached hydrogen (secondary N) is 2. The quantitative estimate of drug-likeness (QED) is 0.780. The van der Waals surface area contributed by atoms with Crippen molar-refractivity contribution in [3.8, 4) is 0 Å². The van der Waals surface area contributed by atoms with Gasteiger partial charge in [0.15, 0.2) is 5.11 Å². The molecule has 0 saturated heterocycles. The second-order valence-corrected chi connectivity index (χ2v) is 4.74. The molecular weight excluding hydrogens is 230 g/mol. The second kappa shape index (κ2) is 7.25. The molecule has 0 aliphatic carbocycles. The average molecular weight is 251 g/mol. The number of benzene rings is 1. The highest BCUT2D eigenvalue weighted by atomic mass is 32.1. The molecule has 0 bridgehead atoms. The molecule has 2 N–H and O–H groups in total. The van der Waals surface area contributed by atoms with Crippen LogP contribution >= 0.6 is 12.2 Å². The Hall–Kier alpha value is -1.13. The third-order valence-corrected chi connectivity index (χ3v) is 2.75. The molecular formula is C13H21N3S. The molecule has 94 valence electrons. The molecule has 3 nitrogen and oxygen atoms in total. The smallest absolute Gasteiger partial charge is 0.166 e. The van der Waals surface area contributed by atoms with Crippen molar-refractivity contribution in [1.29, 1.82) is 0 Å². The van der Waals surface area contributed by atoms with Gasteiger partial charge in [-0.2, -0.15) is 0 Å². The van der Waals surface area contributed by atoms with Gasteiger partial charge < -0.3 is 15.5 Å². The number of nitrogens with zero attached hydrogens (tertiary/aromatic N) is 1. The van der Waals surface area contributed by atoms with E-state index in [1.165, 1.54) is 5.56 Å². The summed E-state index contributed by atoms with van der Waals surface area (Å²) in [6, 6.07) is 10.5. The molecule has 0 spiro atoms. The molecule has 0 aliphatic heterocycles. The van der Waals surface area contributed by atoms with Crippen LogP contribution in [0.4, 0.5) is 0 Å². The van der Waals surface area contributed by atoms with E-state index in [2.05, 4.69) is 34.6 Å². The third kappa shape index (κ3) is 5.65. The highest BCUT2D eigenvalue weighted by molar-refractivity contribution is 7.80. The summed E-state index contributed by atoms with van der Waals surface area (Å²) in [5.74, 6) is 0. The largest absolute Gasteiger partial charge is 0.361 e. The zero-order chi connectivity index (χ0) is 12.7. The minimum absolute atomic E-state index is 0.232. The average Bonchev–Trinajstić information content (AvgIpc) is 2.29. The van der Waals surface area contributed by atoms with Gasteiger partial charge in [0.25, 0.3) is 0 Å². The Labute approximate surface area is 109 Å². The first-order valence-electron chi connectivity index (χ1n) is 5.83. The second-order valence-electron chi connectivity index (χ2n) is 4.34. The monoisotopic (exact) mass is 251 g/mol. The first kappa shape index (κ1) is 13.9. The fourth-order valence-electron chi connectivity index (χ4n) is 1.47. The Morgan fingerprint density at radius 3 is 2.53 bits per heavy atom. The highest BCUT2D eigenvalue weighted by Crippen LogP contribution is 2.10. The maximum atomic E-state index is 5.24. The van der Waals surface area contributed by atoms with Gasteiger partial charge in [-0.25, -0.2) is 0 Å². The summed E-state index contributed by atoms with van der Waals surface area (Å²) in [5, 5.41) is 7.18. The van der Waals surface area contributed by atoms with Crippen molar-refractivity contribution in [2.45, 2.75) is 13.0 Å². The van der Waals surface area contributed by atoms with Crippen LogP contribution in [-0.2, 0) is 0 Å². The van der Waals surface area contributed by atoms with Crippen LogP contribution < -0.4 is 10.6 Å². The molecule has 1 aromatic rings. The van der Waals surface area contributed by atoms with Crippen LogP contribution in [-0.4, -0.2) is 37.2 Å². The normalized spacial score (nSPS) is 12.2. The Balaban J connectivity index is 2.31. The van der Waals surface area contributed by atoms with Gasteiger partial charge in [0.2, 0.25) is 0 Å². The molecule has 4 heteroatoms. The number of likely N-dealkylation sites (N-methyl/N-ethyl adjacent to an activating group) is 1. The van der Waals surface area contributed by atoms with Gasteiger partial charge in [-0.05, 0) is 38.8 Å². The summed E-state index contributed by atoms with van der Waals surface area (Å²) in [7, 11) is 4.09. The Morgan fingerprint density at radius 2 is 1.94 bits per heavy atom. The summed E-state index contributed by atoms with van der Waals surface area (Å²) in [5.41, 5.74) is 1.24. The lowest BCUT2D eigenvalue weighted by Crippen LogP contribution is -2.39. The van der Waals surface area contributed by atoms with Crippen LogP contribution in [0.1, 0.15) is 18.5 Å². The van der Waals surface area contributed by atoms with Crippen LogP contribution in [0.15, 0.2) is 30.3 Å². The predicted molar refractivity (Wildman–Crippen MR) is 77.1 cm³/mol. The van der Waals surface area contributed by atoms with Crippen molar-refractivity contribution >= 4 is 17.3 Å². The summed E-state index contributed by atoms with van der Waals surface area (Å²) in [4.78, 5) is 2.12. The van der Waals surface area contributed by atoms with Crippen molar-refractivity contribution in [2.24, 2.45) is 0 Å². The molecule has 0 aromatic heterocycles. The van der Waals surface area contributed by atoms with E-state index in [1.807, 2.05) is 32.3 Å². The van der Waals surface area contributed by atoms with Gasteiger partial charge in [-0.3, -0.25) is 0 Å². The molecule has 0 saturated carbocycles. The zero-order valence-electron chi connectivity index (χ0n) is 10.7. The van der Waals surface area contributed by atoms with Gasteiger partial charge in [0.1, 0.15) is 0 Å². The van der Waals surface area contributed by atoms with Gasteiger partial charge >= 0.3 is 0 Å². The van der Waals surface area contributed by atoms with Crippen molar-refractivity contribution in [3.05, 3.63) is 35.9 Å². The van der Waals surface area contributed by atoms with Gasteiger partial charge in [-0.1, -0.05) is 30.3 Å². The predicted octanol–water partition coefficient (Wildman–Crippen LogP) is 1.77. The van der Waals surface area contributed by atoms with Crippen LogP contribution in [0.25, 0.3) is 0 Å². The summed E-state index contributed by atoms with van der Waals surface area (Å²) in [6.07, 6.45) is 0. The van der Waals surface area contributed by atoms with Crippen LogP contribution in [0, 0.1) is 0 Å². The zero-order valence-corrected chi connectivity index (χ0v) is 11.6. The highest BCUT2D eigenvalue weighted by Gasteiger charge is 2.05. The Kier molecular flexibility index (Phi) is 5.94. The van der Waals surface area contributed by atoms with Crippen LogP contribution in [0.5, 0.6) is 0 Å². The maximum Gasteiger partial charge on any atom is 0.166 e. The van der Waals surface area contributed by atoms with E-state index in [-0.39, 0.29) is 6.04 Å². The number of rotatable bonds is 5.